The largest absolute Gasteiger partial charge is 0.494 e. The third-order valence-corrected chi connectivity index (χ3v) is 4.37. The van der Waals surface area contributed by atoms with Crippen molar-refractivity contribution in [2.75, 3.05) is 7.11 Å². The Morgan fingerprint density at radius 2 is 1.73 bits per heavy atom. The molecule has 0 amide bonds. The third kappa shape index (κ3) is 2.14. The molecule has 0 bridgehead atoms. The number of non-ortho nitro benzene ring substituents is 1. The fourth-order valence-electron chi connectivity index (χ4n) is 3.19. The van der Waals surface area contributed by atoms with E-state index in [1.165, 1.54) is 19.2 Å². The number of carbonyl (C=O) groups is 2. The van der Waals surface area contributed by atoms with Gasteiger partial charge in [0.25, 0.3) is 5.69 Å². The first kappa shape index (κ1) is 15.8. The Morgan fingerprint density at radius 1 is 1.00 bits per heavy atom. The number of para-hydroxylation sites is 1. The average molecular weight is 348 g/mol. The minimum Gasteiger partial charge on any atom is -0.494 e. The standard InChI is InChI=1S/C19H12N2O5/c1-26-15-10-20(11-5-3-2-4-6-11)17-13-8-7-12(21(24)25)9-14(13)18(22)19(23)16(15)17/h2-10H,1H3. The van der Waals surface area contributed by atoms with E-state index >= 15 is 0 Å². The van der Waals surface area contributed by atoms with E-state index in [-0.39, 0.29) is 22.6 Å². The molecule has 0 saturated heterocycles. The molecule has 0 unspecified atom stereocenters. The van der Waals surface area contributed by atoms with Crippen molar-refractivity contribution in [1.82, 2.24) is 4.57 Å². The van der Waals surface area contributed by atoms with Crippen molar-refractivity contribution >= 4 is 17.3 Å². The third-order valence-electron chi connectivity index (χ3n) is 4.37. The molecule has 7 heteroatoms. The highest BCUT2D eigenvalue weighted by Crippen LogP contribution is 2.42. The van der Waals surface area contributed by atoms with Crippen LogP contribution in [0.15, 0.2) is 54.7 Å². The van der Waals surface area contributed by atoms with Gasteiger partial charge in [0.2, 0.25) is 11.6 Å². The molecule has 1 aliphatic rings. The molecular weight excluding hydrogens is 336 g/mol. The fourth-order valence-corrected chi connectivity index (χ4v) is 3.19. The number of aromatic nitrogens is 1. The Labute approximate surface area is 147 Å². The molecule has 7 nitrogen and oxygen atoms in total. The van der Waals surface area contributed by atoms with E-state index < -0.39 is 16.5 Å². The molecule has 0 atom stereocenters. The minimum atomic E-state index is -0.777. The van der Waals surface area contributed by atoms with Crippen molar-refractivity contribution in [1.29, 1.82) is 0 Å². The first-order chi connectivity index (χ1) is 12.5. The Balaban J connectivity index is 2.07. The van der Waals surface area contributed by atoms with Gasteiger partial charge >= 0.3 is 0 Å². The molecule has 1 heterocycles. The summed E-state index contributed by atoms with van der Waals surface area (Å²) in [5.74, 6) is -1.23. The molecule has 1 aromatic heterocycles. The molecule has 0 N–H and O–H groups in total. The van der Waals surface area contributed by atoms with Crippen LogP contribution in [0.25, 0.3) is 16.9 Å². The van der Waals surface area contributed by atoms with Gasteiger partial charge in [0.1, 0.15) is 5.75 Å². The van der Waals surface area contributed by atoms with E-state index in [4.69, 9.17) is 4.74 Å². The zero-order chi connectivity index (χ0) is 18.4. The van der Waals surface area contributed by atoms with Crippen molar-refractivity contribution in [2.45, 2.75) is 0 Å². The quantitative estimate of drug-likeness (QED) is 0.411. The van der Waals surface area contributed by atoms with Crippen molar-refractivity contribution < 1.29 is 19.2 Å². The molecule has 3 aromatic rings. The number of nitro groups is 1. The molecule has 0 spiro atoms. The lowest BCUT2D eigenvalue weighted by Crippen LogP contribution is -2.22. The minimum absolute atomic E-state index is 0.0228. The van der Waals surface area contributed by atoms with Crippen LogP contribution in [-0.4, -0.2) is 28.2 Å². The van der Waals surface area contributed by atoms with Crippen LogP contribution in [0.5, 0.6) is 5.75 Å². The van der Waals surface area contributed by atoms with Crippen LogP contribution >= 0.6 is 0 Å². The summed E-state index contributed by atoms with van der Waals surface area (Å²) >= 11 is 0. The molecule has 0 aliphatic heterocycles. The summed E-state index contributed by atoms with van der Waals surface area (Å²) in [6.45, 7) is 0. The molecule has 128 valence electrons. The average Bonchev–Trinajstić information content (AvgIpc) is 3.06. The van der Waals surface area contributed by atoms with Gasteiger partial charge in [-0.25, -0.2) is 0 Å². The molecule has 0 saturated carbocycles. The van der Waals surface area contributed by atoms with E-state index in [1.807, 2.05) is 30.3 Å². The van der Waals surface area contributed by atoms with E-state index in [9.17, 15) is 19.7 Å². The zero-order valence-electron chi connectivity index (χ0n) is 13.6. The number of rotatable bonds is 3. The van der Waals surface area contributed by atoms with Crippen LogP contribution < -0.4 is 4.74 Å². The van der Waals surface area contributed by atoms with E-state index in [0.717, 1.165) is 11.8 Å². The van der Waals surface area contributed by atoms with Crippen LogP contribution in [0.2, 0.25) is 0 Å². The maximum Gasteiger partial charge on any atom is 0.270 e. The van der Waals surface area contributed by atoms with E-state index in [2.05, 4.69) is 0 Å². The van der Waals surface area contributed by atoms with Gasteiger partial charge < -0.3 is 9.30 Å². The summed E-state index contributed by atoms with van der Waals surface area (Å²) in [5.41, 5.74) is 1.68. The summed E-state index contributed by atoms with van der Waals surface area (Å²) in [5, 5.41) is 11.0. The van der Waals surface area contributed by atoms with Crippen LogP contribution in [-0.2, 0) is 0 Å². The Kier molecular flexibility index (Phi) is 3.43. The highest BCUT2D eigenvalue weighted by Gasteiger charge is 2.37. The lowest BCUT2D eigenvalue weighted by molar-refractivity contribution is -0.384. The van der Waals surface area contributed by atoms with Gasteiger partial charge in [-0.05, 0) is 18.2 Å². The Hall–Kier alpha value is -3.74. The summed E-state index contributed by atoms with van der Waals surface area (Å²) in [7, 11) is 1.42. The van der Waals surface area contributed by atoms with Crippen LogP contribution in [0.3, 0.4) is 0 Å². The fraction of sp³-hybridized carbons (Fsp3) is 0.0526. The van der Waals surface area contributed by atoms with Crippen LogP contribution in [0.4, 0.5) is 5.69 Å². The first-order valence-electron chi connectivity index (χ1n) is 7.75. The summed E-state index contributed by atoms with van der Waals surface area (Å²) in [6.07, 6.45) is 1.64. The van der Waals surface area contributed by atoms with Gasteiger partial charge in [0, 0.05) is 28.9 Å². The monoisotopic (exact) mass is 348 g/mol. The molecule has 0 fully saturated rings. The van der Waals surface area contributed by atoms with Crippen molar-refractivity contribution in [2.24, 2.45) is 0 Å². The number of nitrogens with zero attached hydrogens (tertiary/aromatic N) is 2. The van der Waals surface area contributed by atoms with Gasteiger partial charge in [-0.1, -0.05) is 18.2 Å². The topological polar surface area (TPSA) is 91.4 Å². The molecule has 2 aromatic carbocycles. The molecular formula is C19H12N2O5. The summed E-state index contributed by atoms with van der Waals surface area (Å²) < 4.78 is 7.06. The number of hydrogen-bond donors (Lipinski definition) is 0. The second-order valence-corrected chi connectivity index (χ2v) is 5.77. The van der Waals surface area contributed by atoms with Gasteiger partial charge in [-0.15, -0.1) is 0 Å². The van der Waals surface area contributed by atoms with Crippen LogP contribution in [0.1, 0.15) is 20.7 Å². The number of methoxy groups -OCH3 is 1. The van der Waals surface area contributed by atoms with Crippen LogP contribution in [0, 0.1) is 10.1 Å². The zero-order valence-corrected chi connectivity index (χ0v) is 13.6. The number of benzene rings is 2. The van der Waals surface area contributed by atoms with Gasteiger partial charge in [0.05, 0.1) is 29.5 Å². The molecule has 26 heavy (non-hydrogen) atoms. The van der Waals surface area contributed by atoms with E-state index in [1.54, 1.807) is 10.8 Å². The number of nitro benzene ring substituents is 1. The highest BCUT2D eigenvalue weighted by molar-refractivity contribution is 6.53. The van der Waals surface area contributed by atoms with Gasteiger partial charge in [-0.3, -0.25) is 19.7 Å². The predicted octanol–water partition coefficient (Wildman–Crippen LogP) is 3.44. The first-order valence-corrected chi connectivity index (χ1v) is 7.75. The Bertz CT molecular complexity index is 1080. The second kappa shape index (κ2) is 5.66. The Morgan fingerprint density at radius 3 is 2.38 bits per heavy atom. The predicted molar refractivity (Wildman–Crippen MR) is 93.1 cm³/mol. The smallest absolute Gasteiger partial charge is 0.270 e. The number of carbonyl (C=O) groups excluding carboxylic acids is 2. The van der Waals surface area contributed by atoms with Crippen molar-refractivity contribution in [3.63, 3.8) is 0 Å². The summed E-state index contributed by atoms with van der Waals surface area (Å²) in [6, 6.07) is 13.2. The van der Waals surface area contributed by atoms with Crippen molar-refractivity contribution in [3.8, 4) is 22.7 Å². The lowest BCUT2D eigenvalue weighted by atomic mass is 9.87. The molecule has 1 aliphatic carbocycles. The molecule has 4 rings (SSSR count). The van der Waals surface area contributed by atoms with Gasteiger partial charge in [-0.2, -0.15) is 0 Å². The maximum atomic E-state index is 12.7. The number of hydrogen-bond acceptors (Lipinski definition) is 5. The number of fused-ring (bicyclic) bond motifs is 3. The highest BCUT2D eigenvalue weighted by atomic mass is 16.6. The summed E-state index contributed by atoms with van der Waals surface area (Å²) in [4.78, 5) is 35.7. The number of ketones is 2. The maximum absolute atomic E-state index is 12.7. The molecule has 0 radical (unpaired) electrons. The lowest BCUT2D eigenvalue weighted by Gasteiger charge is -2.18. The number of Topliss-reactive ketones (excluding diaryl/α,β-unsaturated/α-hetero) is 2. The normalized spacial score (nSPS) is 12.5. The SMILES string of the molecule is COc1cn(-c2ccccc2)c2c1C(=O)C(=O)c1cc([N+](=O)[O-])ccc1-2. The number of ether oxygens (including phenoxy) is 1. The van der Waals surface area contributed by atoms with Gasteiger partial charge in [0.15, 0.2) is 0 Å². The second-order valence-electron chi connectivity index (χ2n) is 5.77. The van der Waals surface area contributed by atoms with E-state index in [0.29, 0.717) is 11.3 Å². The van der Waals surface area contributed by atoms with Crippen molar-refractivity contribution in [3.05, 3.63) is 76.0 Å².